The van der Waals surface area contributed by atoms with Crippen molar-refractivity contribution in [3.63, 3.8) is 0 Å². The Balaban J connectivity index is 1.47. The first-order chi connectivity index (χ1) is 10.8. The molecule has 4 nitrogen and oxygen atoms in total. The summed E-state index contributed by atoms with van der Waals surface area (Å²) in [6.45, 7) is 2.71. The Labute approximate surface area is 138 Å². The van der Waals surface area contributed by atoms with E-state index in [1.54, 1.807) is 11.3 Å². The van der Waals surface area contributed by atoms with Crippen LogP contribution < -0.4 is 10.6 Å². The molecule has 114 valence electrons. The van der Waals surface area contributed by atoms with Crippen LogP contribution in [-0.4, -0.2) is 23.1 Å². The van der Waals surface area contributed by atoms with E-state index in [1.807, 2.05) is 42.0 Å². The van der Waals surface area contributed by atoms with Crippen molar-refractivity contribution in [3.05, 3.63) is 52.1 Å². The maximum atomic E-state index is 6.00. The summed E-state index contributed by atoms with van der Waals surface area (Å²) in [5, 5.41) is 11.8. The molecule has 2 aromatic heterocycles. The van der Waals surface area contributed by atoms with E-state index in [4.69, 9.17) is 11.6 Å². The summed E-state index contributed by atoms with van der Waals surface area (Å²) >= 11 is 7.68. The number of nitrogens with zero attached hydrogens (tertiary/aromatic N) is 2. The van der Waals surface area contributed by atoms with Crippen molar-refractivity contribution < 1.29 is 0 Å². The molecule has 2 N–H and O–H groups in total. The number of pyridine rings is 1. The Kier molecular flexibility index (Phi) is 5.21. The third-order valence-corrected chi connectivity index (χ3v) is 4.32. The first-order valence-corrected chi connectivity index (χ1v) is 8.46. The molecular formula is C16H17ClN4S. The summed E-state index contributed by atoms with van der Waals surface area (Å²) in [5.74, 6) is 0. The Hall–Kier alpha value is -1.69. The quantitative estimate of drug-likeness (QED) is 0.643. The van der Waals surface area contributed by atoms with E-state index in [0.29, 0.717) is 5.02 Å². The van der Waals surface area contributed by atoms with Gasteiger partial charge in [0.25, 0.3) is 0 Å². The van der Waals surface area contributed by atoms with Gasteiger partial charge in [-0.3, -0.25) is 4.98 Å². The molecule has 0 amide bonds. The fourth-order valence-electron chi connectivity index (χ4n) is 2.25. The molecule has 3 aromatic rings. The zero-order valence-electron chi connectivity index (χ0n) is 12.1. The maximum Gasteiger partial charge on any atom is 0.106 e. The van der Waals surface area contributed by atoms with Crippen molar-refractivity contribution in [2.24, 2.45) is 0 Å². The molecule has 0 fully saturated rings. The van der Waals surface area contributed by atoms with Crippen LogP contribution in [0.2, 0.25) is 5.02 Å². The highest BCUT2D eigenvalue weighted by Crippen LogP contribution is 2.24. The normalized spacial score (nSPS) is 11.0. The van der Waals surface area contributed by atoms with E-state index < -0.39 is 0 Å². The molecule has 0 atom stereocenters. The van der Waals surface area contributed by atoms with E-state index in [0.717, 1.165) is 47.7 Å². The smallest absolute Gasteiger partial charge is 0.106 e. The zero-order chi connectivity index (χ0) is 15.2. The van der Waals surface area contributed by atoms with E-state index in [-0.39, 0.29) is 0 Å². The molecule has 0 saturated heterocycles. The first kappa shape index (κ1) is 15.2. The molecular weight excluding hydrogens is 316 g/mol. The standard InChI is InChI=1S/C16H17ClN4S/c17-12-2-3-13-14(4-7-20-15(13)10-12)19-6-1-5-18-11-16-21-8-9-22-16/h2-4,7-10,18H,1,5-6,11H2,(H,19,20). The molecule has 0 bridgehead atoms. The second kappa shape index (κ2) is 7.54. The van der Waals surface area contributed by atoms with Crippen molar-refractivity contribution in [1.29, 1.82) is 0 Å². The maximum absolute atomic E-state index is 6.00. The van der Waals surface area contributed by atoms with Crippen LogP contribution in [0.15, 0.2) is 42.0 Å². The van der Waals surface area contributed by atoms with Crippen molar-refractivity contribution in [2.75, 3.05) is 18.4 Å². The van der Waals surface area contributed by atoms with E-state index in [1.165, 1.54) is 0 Å². The molecule has 6 heteroatoms. The van der Waals surface area contributed by atoms with Crippen LogP contribution in [0.5, 0.6) is 0 Å². The van der Waals surface area contributed by atoms with Crippen LogP contribution in [0.1, 0.15) is 11.4 Å². The lowest BCUT2D eigenvalue weighted by Gasteiger charge is -2.09. The average molecular weight is 333 g/mol. The second-order valence-electron chi connectivity index (χ2n) is 4.90. The Morgan fingerprint density at radius 1 is 1.09 bits per heavy atom. The largest absolute Gasteiger partial charge is 0.384 e. The van der Waals surface area contributed by atoms with Gasteiger partial charge >= 0.3 is 0 Å². The third kappa shape index (κ3) is 3.94. The van der Waals surface area contributed by atoms with Gasteiger partial charge in [-0.15, -0.1) is 11.3 Å². The number of hydrogen-bond donors (Lipinski definition) is 2. The summed E-state index contributed by atoms with van der Waals surface area (Å²) in [6.07, 6.45) is 4.69. The van der Waals surface area contributed by atoms with Crippen molar-refractivity contribution in [3.8, 4) is 0 Å². The van der Waals surface area contributed by atoms with Crippen molar-refractivity contribution >= 4 is 39.5 Å². The van der Waals surface area contributed by atoms with E-state index in [2.05, 4.69) is 20.6 Å². The highest BCUT2D eigenvalue weighted by atomic mass is 35.5. The number of hydrogen-bond acceptors (Lipinski definition) is 5. The van der Waals surface area contributed by atoms with Crippen molar-refractivity contribution in [2.45, 2.75) is 13.0 Å². The fraction of sp³-hybridized carbons (Fsp3) is 0.250. The number of anilines is 1. The molecule has 0 aliphatic rings. The highest BCUT2D eigenvalue weighted by molar-refractivity contribution is 7.09. The molecule has 0 aliphatic carbocycles. The average Bonchev–Trinajstić information content (AvgIpc) is 3.03. The summed E-state index contributed by atoms with van der Waals surface area (Å²) in [5.41, 5.74) is 2.01. The highest BCUT2D eigenvalue weighted by Gasteiger charge is 2.02. The number of benzene rings is 1. The molecule has 3 rings (SSSR count). The van der Waals surface area contributed by atoms with Gasteiger partial charge in [0.2, 0.25) is 0 Å². The number of fused-ring (bicyclic) bond motifs is 1. The minimum absolute atomic E-state index is 0.712. The van der Waals surface area contributed by atoms with Crippen LogP contribution in [0, 0.1) is 0 Å². The van der Waals surface area contributed by atoms with Gasteiger partial charge in [0.05, 0.1) is 5.52 Å². The molecule has 0 unspecified atom stereocenters. The van der Waals surface area contributed by atoms with Gasteiger partial charge in [0.15, 0.2) is 0 Å². The lowest BCUT2D eigenvalue weighted by Crippen LogP contribution is -2.17. The minimum Gasteiger partial charge on any atom is -0.384 e. The second-order valence-corrected chi connectivity index (χ2v) is 6.32. The topological polar surface area (TPSA) is 49.8 Å². The monoisotopic (exact) mass is 332 g/mol. The minimum atomic E-state index is 0.712. The Bertz CT molecular complexity index is 730. The van der Waals surface area contributed by atoms with Gasteiger partial charge in [-0.2, -0.15) is 0 Å². The van der Waals surface area contributed by atoms with Crippen LogP contribution in [0.25, 0.3) is 10.9 Å². The first-order valence-electron chi connectivity index (χ1n) is 7.20. The number of halogens is 1. The summed E-state index contributed by atoms with van der Waals surface area (Å²) in [4.78, 5) is 8.59. The van der Waals surface area contributed by atoms with Crippen LogP contribution in [-0.2, 0) is 6.54 Å². The molecule has 22 heavy (non-hydrogen) atoms. The Morgan fingerprint density at radius 2 is 2.05 bits per heavy atom. The number of thiazole rings is 1. The summed E-state index contributed by atoms with van der Waals surface area (Å²) in [7, 11) is 0. The number of rotatable bonds is 7. The molecule has 0 radical (unpaired) electrons. The molecule has 0 saturated carbocycles. The third-order valence-electron chi connectivity index (χ3n) is 3.31. The number of aromatic nitrogens is 2. The molecule has 2 heterocycles. The fourth-order valence-corrected chi connectivity index (χ4v) is 3.00. The molecule has 0 aliphatic heterocycles. The van der Waals surface area contributed by atoms with Gasteiger partial charge in [0, 0.05) is 47.0 Å². The van der Waals surface area contributed by atoms with Gasteiger partial charge in [-0.25, -0.2) is 4.98 Å². The van der Waals surface area contributed by atoms with Crippen molar-refractivity contribution in [1.82, 2.24) is 15.3 Å². The Morgan fingerprint density at radius 3 is 2.91 bits per heavy atom. The molecule has 0 spiro atoms. The zero-order valence-corrected chi connectivity index (χ0v) is 13.6. The predicted molar refractivity (Wildman–Crippen MR) is 93.7 cm³/mol. The lowest BCUT2D eigenvalue weighted by atomic mass is 10.2. The summed E-state index contributed by atoms with van der Waals surface area (Å²) < 4.78 is 0. The number of nitrogens with one attached hydrogen (secondary N) is 2. The predicted octanol–water partition coefficient (Wildman–Crippen LogP) is 3.94. The van der Waals surface area contributed by atoms with Crippen LogP contribution in [0.3, 0.4) is 0 Å². The van der Waals surface area contributed by atoms with E-state index in [9.17, 15) is 0 Å². The van der Waals surface area contributed by atoms with Gasteiger partial charge in [-0.1, -0.05) is 11.6 Å². The van der Waals surface area contributed by atoms with Crippen LogP contribution >= 0.6 is 22.9 Å². The summed E-state index contributed by atoms with van der Waals surface area (Å²) in [6, 6.07) is 7.79. The SMILES string of the molecule is Clc1ccc2c(NCCCNCc3nccs3)ccnc2c1. The van der Waals surface area contributed by atoms with Gasteiger partial charge in [-0.05, 0) is 37.2 Å². The molecule has 1 aromatic carbocycles. The van der Waals surface area contributed by atoms with E-state index >= 15 is 0 Å². The van der Waals surface area contributed by atoms with Gasteiger partial charge in [0.1, 0.15) is 5.01 Å². The van der Waals surface area contributed by atoms with Crippen LogP contribution in [0.4, 0.5) is 5.69 Å². The lowest BCUT2D eigenvalue weighted by molar-refractivity contribution is 0.661. The van der Waals surface area contributed by atoms with Gasteiger partial charge < -0.3 is 10.6 Å².